The number of benzene rings is 3. The van der Waals surface area contributed by atoms with E-state index >= 15 is 0 Å². The van der Waals surface area contributed by atoms with Gasteiger partial charge in [-0.05, 0) is 68.7 Å². The number of sulfonamides is 1. The Morgan fingerprint density at radius 2 is 1.59 bits per heavy atom. The van der Waals surface area contributed by atoms with E-state index in [1.54, 1.807) is 36.4 Å². The van der Waals surface area contributed by atoms with Crippen molar-refractivity contribution < 1.29 is 17.9 Å². The summed E-state index contributed by atoms with van der Waals surface area (Å²) in [4.78, 5) is 13.0. The van der Waals surface area contributed by atoms with Gasteiger partial charge < -0.3 is 10.1 Å². The van der Waals surface area contributed by atoms with Crippen LogP contribution in [0.1, 0.15) is 36.2 Å². The molecular formula is C25H28N2O4S. The van der Waals surface area contributed by atoms with Crippen molar-refractivity contribution in [2.24, 2.45) is 0 Å². The van der Waals surface area contributed by atoms with Gasteiger partial charge in [-0.25, -0.2) is 8.42 Å². The number of rotatable bonds is 10. The van der Waals surface area contributed by atoms with E-state index < -0.39 is 10.0 Å². The molecule has 0 bridgehead atoms. The van der Waals surface area contributed by atoms with E-state index in [1.807, 2.05) is 32.0 Å². The van der Waals surface area contributed by atoms with Gasteiger partial charge in [0.15, 0.2) is 0 Å². The third-order valence-electron chi connectivity index (χ3n) is 4.95. The molecule has 7 heteroatoms. The number of hydrogen-bond donors (Lipinski definition) is 2. The lowest BCUT2D eigenvalue weighted by Crippen LogP contribution is -2.33. The zero-order valence-electron chi connectivity index (χ0n) is 18.2. The summed E-state index contributed by atoms with van der Waals surface area (Å²) in [5, 5.41) is 2.96. The Morgan fingerprint density at radius 3 is 2.28 bits per heavy atom. The summed E-state index contributed by atoms with van der Waals surface area (Å²) in [7, 11) is -3.86. The highest BCUT2D eigenvalue weighted by Crippen LogP contribution is 2.22. The molecule has 0 unspecified atom stereocenters. The van der Waals surface area contributed by atoms with Crippen molar-refractivity contribution in [3.8, 4) is 5.75 Å². The van der Waals surface area contributed by atoms with Crippen LogP contribution >= 0.6 is 0 Å². The van der Waals surface area contributed by atoms with Crippen molar-refractivity contribution in [2.75, 3.05) is 11.3 Å². The first-order valence-corrected chi connectivity index (χ1v) is 12.1. The Bertz CT molecular complexity index is 1130. The summed E-state index contributed by atoms with van der Waals surface area (Å²) in [5.74, 6) is 0.270. The molecule has 0 saturated carbocycles. The van der Waals surface area contributed by atoms with Gasteiger partial charge in [-0.1, -0.05) is 42.5 Å². The normalized spacial score (nSPS) is 12.1. The van der Waals surface area contributed by atoms with Crippen LogP contribution in [0.5, 0.6) is 5.75 Å². The maximum atomic E-state index is 12.9. The average molecular weight is 453 g/mol. The molecule has 1 amide bonds. The number of hydrogen-bond acceptors (Lipinski definition) is 4. The summed E-state index contributed by atoms with van der Waals surface area (Å²) < 4.78 is 33.6. The second-order valence-electron chi connectivity index (χ2n) is 7.45. The van der Waals surface area contributed by atoms with Crippen molar-refractivity contribution in [2.45, 2.75) is 37.6 Å². The predicted octanol–water partition coefficient (Wildman–Crippen LogP) is 4.64. The first-order chi connectivity index (χ1) is 15.4. The Morgan fingerprint density at radius 1 is 0.938 bits per heavy atom. The standard InChI is InChI=1S/C25H28N2O4S/c1-3-31-21-15-17-22(18-16-21)32(29,30)27-24-12-8-7-11-23(24)25(28)26-19(2)13-14-20-9-5-4-6-10-20/h4-12,15-19,27H,3,13-14H2,1-2H3,(H,26,28)/t19-/m1/s1. The smallest absolute Gasteiger partial charge is 0.261 e. The van der Waals surface area contributed by atoms with E-state index in [9.17, 15) is 13.2 Å². The molecule has 0 saturated heterocycles. The van der Waals surface area contributed by atoms with Gasteiger partial charge in [0, 0.05) is 6.04 Å². The minimum Gasteiger partial charge on any atom is -0.494 e. The molecule has 1 atom stereocenters. The van der Waals surface area contributed by atoms with Crippen molar-refractivity contribution >= 4 is 21.6 Å². The average Bonchev–Trinajstić information content (AvgIpc) is 2.79. The van der Waals surface area contributed by atoms with E-state index in [0.29, 0.717) is 12.4 Å². The number of carbonyl (C=O) groups excluding carboxylic acids is 1. The van der Waals surface area contributed by atoms with Crippen molar-refractivity contribution in [3.63, 3.8) is 0 Å². The van der Waals surface area contributed by atoms with Crippen LogP contribution in [0.3, 0.4) is 0 Å². The van der Waals surface area contributed by atoms with Crippen LogP contribution in [0.4, 0.5) is 5.69 Å². The van der Waals surface area contributed by atoms with E-state index in [2.05, 4.69) is 22.2 Å². The van der Waals surface area contributed by atoms with Gasteiger partial charge in [0.25, 0.3) is 15.9 Å². The second-order valence-corrected chi connectivity index (χ2v) is 9.14. The molecule has 0 aromatic heterocycles. The number of aryl methyl sites for hydroxylation is 1. The van der Waals surface area contributed by atoms with Crippen LogP contribution in [-0.2, 0) is 16.4 Å². The van der Waals surface area contributed by atoms with E-state index in [0.717, 1.165) is 12.8 Å². The number of amides is 1. The number of nitrogens with one attached hydrogen (secondary N) is 2. The van der Waals surface area contributed by atoms with Crippen LogP contribution in [-0.4, -0.2) is 27.0 Å². The van der Waals surface area contributed by atoms with Gasteiger partial charge in [0.05, 0.1) is 22.8 Å². The summed E-state index contributed by atoms with van der Waals surface area (Å²) in [5.41, 5.74) is 1.71. The van der Waals surface area contributed by atoms with Crippen LogP contribution in [0.15, 0.2) is 83.8 Å². The lowest BCUT2D eigenvalue weighted by molar-refractivity contribution is 0.0939. The predicted molar refractivity (Wildman–Crippen MR) is 127 cm³/mol. The monoisotopic (exact) mass is 452 g/mol. The Labute approximate surface area is 189 Å². The number of ether oxygens (including phenoxy) is 1. The fourth-order valence-corrected chi connectivity index (χ4v) is 4.34. The second kappa shape index (κ2) is 10.8. The van der Waals surface area contributed by atoms with Gasteiger partial charge in [-0.3, -0.25) is 9.52 Å². The minimum absolute atomic E-state index is 0.0709. The summed E-state index contributed by atoms with van der Waals surface area (Å²) in [6.07, 6.45) is 1.62. The van der Waals surface area contributed by atoms with E-state index in [-0.39, 0.29) is 28.1 Å². The maximum Gasteiger partial charge on any atom is 0.261 e. The third kappa shape index (κ3) is 6.34. The van der Waals surface area contributed by atoms with Crippen LogP contribution in [0, 0.1) is 0 Å². The number of carbonyl (C=O) groups is 1. The van der Waals surface area contributed by atoms with Gasteiger partial charge in [0.2, 0.25) is 0 Å². The zero-order valence-corrected chi connectivity index (χ0v) is 19.1. The molecule has 0 aliphatic carbocycles. The molecule has 0 heterocycles. The summed E-state index contributed by atoms with van der Waals surface area (Å²) in [6.45, 7) is 4.29. The van der Waals surface area contributed by atoms with Gasteiger partial charge >= 0.3 is 0 Å². The topological polar surface area (TPSA) is 84.5 Å². The Hall–Kier alpha value is -3.32. The Balaban J connectivity index is 1.68. The lowest BCUT2D eigenvalue weighted by atomic mass is 10.1. The molecule has 168 valence electrons. The Kier molecular flexibility index (Phi) is 7.89. The van der Waals surface area contributed by atoms with Crippen molar-refractivity contribution in [1.29, 1.82) is 0 Å². The first-order valence-electron chi connectivity index (χ1n) is 10.6. The van der Waals surface area contributed by atoms with Crippen LogP contribution < -0.4 is 14.8 Å². The SMILES string of the molecule is CCOc1ccc(S(=O)(=O)Nc2ccccc2C(=O)N[C@H](C)CCc2ccccc2)cc1. The molecule has 0 spiro atoms. The molecule has 3 aromatic rings. The molecule has 32 heavy (non-hydrogen) atoms. The lowest BCUT2D eigenvalue weighted by Gasteiger charge is -2.17. The molecule has 3 rings (SSSR count). The molecule has 3 aromatic carbocycles. The largest absolute Gasteiger partial charge is 0.494 e. The summed E-state index contributed by atoms with van der Waals surface area (Å²) in [6, 6.07) is 22.7. The fraction of sp³-hybridized carbons (Fsp3) is 0.240. The van der Waals surface area contributed by atoms with E-state index in [4.69, 9.17) is 4.74 Å². The first kappa shape index (κ1) is 23.3. The highest BCUT2D eigenvalue weighted by atomic mass is 32.2. The molecule has 0 aliphatic heterocycles. The molecule has 0 aliphatic rings. The maximum absolute atomic E-state index is 12.9. The van der Waals surface area contributed by atoms with Gasteiger partial charge in [-0.15, -0.1) is 0 Å². The minimum atomic E-state index is -3.86. The van der Waals surface area contributed by atoms with E-state index in [1.165, 1.54) is 17.7 Å². The fourth-order valence-electron chi connectivity index (χ4n) is 3.26. The molecule has 6 nitrogen and oxygen atoms in total. The molecular weight excluding hydrogens is 424 g/mol. The van der Waals surface area contributed by atoms with Crippen LogP contribution in [0.25, 0.3) is 0 Å². The highest BCUT2D eigenvalue weighted by Gasteiger charge is 2.19. The van der Waals surface area contributed by atoms with Gasteiger partial charge in [-0.2, -0.15) is 0 Å². The number of para-hydroxylation sites is 1. The molecule has 0 radical (unpaired) electrons. The third-order valence-corrected chi connectivity index (χ3v) is 6.33. The highest BCUT2D eigenvalue weighted by molar-refractivity contribution is 7.92. The quantitative estimate of drug-likeness (QED) is 0.469. The molecule has 0 fully saturated rings. The zero-order chi connectivity index (χ0) is 23.0. The summed E-state index contributed by atoms with van der Waals surface area (Å²) >= 11 is 0. The molecule has 2 N–H and O–H groups in total. The van der Waals surface area contributed by atoms with Crippen LogP contribution in [0.2, 0.25) is 0 Å². The van der Waals surface area contributed by atoms with Gasteiger partial charge in [0.1, 0.15) is 5.75 Å². The van der Waals surface area contributed by atoms with Crippen molar-refractivity contribution in [1.82, 2.24) is 5.32 Å². The van der Waals surface area contributed by atoms with Crippen molar-refractivity contribution in [3.05, 3.63) is 90.0 Å². The number of anilines is 1.